The number of rotatable bonds is 10. The summed E-state index contributed by atoms with van der Waals surface area (Å²) >= 11 is 0. The van der Waals surface area contributed by atoms with Gasteiger partial charge in [-0.05, 0) is 58.8 Å². The average Bonchev–Trinajstić information content (AvgIpc) is 2.78. The molecule has 3 heteroatoms. The van der Waals surface area contributed by atoms with Crippen LogP contribution in [0.1, 0.15) is 128 Å². The fraction of sp³-hybridized carbons (Fsp3) is 0.581. The summed E-state index contributed by atoms with van der Waals surface area (Å²) in [7, 11) is 0. The molecule has 3 nitrogen and oxygen atoms in total. The molecule has 0 fully saturated rings. The minimum atomic E-state index is -0.574. The van der Waals surface area contributed by atoms with Gasteiger partial charge in [0.05, 0.1) is 0 Å². The van der Waals surface area contributed by atoms with Crippen LogP contribution in [0.25, 0.3) is 0 Å². The van der Waals surface area contributed by atoms with Crippen LogP contribution in [0.2, 0.25) is 0 Å². The van der Waals surface area contributed by atoms with E-state index in [2.05, 4.69) is 91.8 Å². The molecule has 0 N–H and O–H groups in total. The first kappa shape index (κ1) is 28.0. The van der Waals surface area contributed by atoms with Gasteiger partial charge in [0.1, 0.15) is 12.2 Å². The zero-order valence-corrected chi connectivity index (χ0v) is 22.7. The second-order valence-electron chi connectivity index (χ2n) is 11.4. The summed E-state index contributed by atoms with van der Waals surface area (Å²) in [5.74, 6) is 0. The highest BCUT2D eigenvalue weighted by Crippen LogP contribution is 2.36. The van der Waals surface area contributed by atoms with E-state index in [1.165, 1.54) is 11.1 Å². The van der Waals surface area contributed by atoms with Gasteiger partial charge in [0, 0.05) is 0 Å². The van der Waals surface area contributed by atoms with E-state index in [-0.39, 0.29) is 23.0 Å². The molecule has 34 heavy (non-hydrogen) atoms. The fourth-order valence-electron chi connectivity index (χ4n) is 4.52. The largest absolute Gasteiger partial charge is 0.509 e. The molecule has 2 unspecified atom stereocenters. The minimum Gasteiger partial charge on any atom is -0.426 e. The van der Waals surface area contributed by atoms with E-state index in [1.807, 2.05) is 12.1 Å². The molecule has 0 saturated heterocycles. The van der Waals surface area contributed by atoms with E-state index in [4.69, 9.17) is 9.47 Å². The van der Waals surface area contributed by atoms with Gasteiger partial charge in [0.25, 0.3) is 0 Å². The quantitative estimate of drug-likeness (QED) is 0.327. The molecule has 0 saturated carbocycles. The van der Waals surface area contributed by atoms with Gasteiger partial charge >= 0.3 is 6.16 Å². The third-order valence-electron chi connectivity index (χ3n) is 6.35. The summed E-state index contributed by atoms with van der Waals surface area (Å²) in [5.41, 5.74) is 4.52. The molecular formula is C31H46O3. The number of benzene rings is 2. The summed E-state index contributed by atoms with van der Waals surface area (Å²) in [6.45, 7) is 17.5. The Kier molecular flexibility index (Phi) is 10.2. The van der Waals surface area contributed by atoms with Crippen molar-refractivity contribution in [3.63, 3.8) is 0 Å². The van der Waals surface area contributed by atoms with E-state index in [0.29, 0.717) is 0 Å². The van der Waals surface area contributed by atoms with Crippen LogP contribution in [0.3, 0.4) is 0 Å². The van der Waals surface area contributed by atoms with Crippen LogP contribution in [-0.4, -0.2) is 6.16 Å². The molecule has 0 bridgehead atoms. The van der Waals surface area contributed by atoms with Crippen LogP contribution >= 0.6 is 0 Å². The summed E-state index contributed by atoms with van der Waals surface area (Å²) in [5, 5.41) is 0. The van der Waals surface area contributed by atoms with Gasteiger partial charge < -0.3 is 9.47 Å². The lowest BCUT2D eigenvalue weighted by Gasteiger charge is -2.29. The molecule has 0 amide bonds. The Balaban J connectivity index is 2.33. The maximum atomic E-state index is 13.2. The summed E-state index contributed by atoms with van der Waals surface area (Å²) in [6.07, 6.45) is 4.45. The van der Waals surface area contributed by atoms with Crippen molar-refractivity contribution in [1.82, 2.24) is 0 Å². The predicted octanol–water partition coefficient (Wildman–Crippen LogP) is 9.60. The van der Waals surface area contributed by atoms with Crippen LogP contribution in [0, 0.1) is 0 Å². The molecule has 188 valence electrons. The van der Waals surface area contributed by atoms with Crippen LogP contribution in [0.5, 0.6) is 0 Å². The number of ether oxygens (including phenoxy) is 2. The Hall–Kier alpha value is -2.29. The van der Waals surface area contributed by atoms with Crippen molar-refractivity contribution < 1.29 is 14.3 Å². The van der Waals surface area contributed by atoms with Gasteiger partial charge in [0.15, 0.2) is 0 Å². The molecule has 2 aromatic carbocycles. The van der Waals surface area contributed by atoms with Gasteiger partial charge in [-0.1, -0.05) is 117 Å². The number of carbonyl (C=O) groups excluding carboxylic acids is 1. The predicted molar refractivity (Wildman–Crippen MR) is 142 cm³/mol. The van der Waals surface area contributed by atoms with Crippen molar-refractivity contribution in [2.24, 2.45) is 0 Å². The topological polar surface area (TPSA) is 35.5 Å². The highest BCUT2D eigenvalue weighted by molar-refractivity contribution is 5.61. The fourth-order valence-corrected chi connectivity index (χ4v) is 4.52. The Morgan fingerprint density at radius 3 is 1.35 bits per heavy atom. The summed E-state index contributed by atoms with van der Waals surface area (Å²) < 4.78 is 12.1. The number of hydrogen-bond donors (Lipinski definition) is 0. The second-order valence-corrected chi connectivity index (χ2v) is 11.4. The molecule has 0 spiro atoms. The normalized spacial score (nSPS) is 13.9. The second kappa shape index (κ2) is 12.4. The van der Waals surface area contributed by atoms with Gasteiger partial charge in [0.2, 0.25) is 0 Å². The first-order chi connectivity index (χ1) is 16.0. The maximum Gasteiger partial charge on any atom is 0.509 e. The van der Waals surface area contributed by atoms with Crippen molar-refractivity contribution in [2.45, 2.75) is 117 Å². The lowest BCUT2D eigenvalue weighted by molar-refractivity contribution is -0.00928. The number of hydrogen-bond acceptors (Lipinski definition) is 3. The summed E-state index contributed by atoms with van der Waals surface area (Å²) in [4.78, 5) is 13.2. The maximum absolute atomic E-state index is 13.2. The molecule has 0 heterocycles. The first-order valence-corrected chi connectivity index (χ1v) is 13.0. The van der Waals surface area contributed by atoms with Crippen molar-refractivity contribution in [2.75, 3.05) is 0 Å². The van der Waals surface area contributed by atoms with E-state index in [9.17, 15) is 4.79 Å². The zero-order chi connectivity index (χ0) is 25.4. The molecule has 2 atom stereocenters. The smallest absolute Gasteiger partial charge is 0.426 e. The van der Waals surface area contributed by atoms with Crippen LogP contribution in [0.4, 0.5) is 4.79 Å². The third-order valence-corrected chi connectivity index (χ3v) is 6.35. The summed E-state index contributed by atoms with van der Waals surface area (Å²) in [6, 6.07) is 16.7. The van der Waals surface area contributed by atoms with E-state index >= 15 is 0 Å². The van der Waals surface area contributed by atoms with E-state index in [0.717, 1.165) is 49.7 Å². The van der Waals surface area contributed by atoms with Gasteiger partial charge in [-0.2, -0.15) is 0 Å². The SMILES string of the molecule is CCCCC(OC(=O)OC(CCCC)c1ccccc1C(C)(C)C)c1ccccc1C(C)(C)C. The van der Waals surface area contributed by atoms with Gasteiger partial charge in [-0.15, -0.1) is 0 Å². The lowest BCUT2D eigenvalue weighted by atomic mass is 9.81. The van der Waals surface area contributed by atoms with Crippen LogP contribution in [-0.2, 0) is 20.3 Å². The van der Waals surface area contributed by atoms with Gasteiger partial charge in [-0.3, -0.25) is 0 Å². The number of carbonyl (C=O) groups is 1. The molecule has 0 aromatic heterocycles. The van der Waals surface area contributed by atoms with Crippen molar-refractivity contribution in [1.29, 1.82) is 0 Å². The molecular weight excluding hydrogens is 420 g/mol. The molecule has 0 aliphatic rings. The molecule has 2 aromatic rings. The highest BCUT2D eigenvalue weighted by atomic mass is 16.7. The standard InChI is InChI=1S/C31H46O3/c1-9-11-21-27(23-17-13-15-19-25(23)30(3,4)5)33-29(32)34-28(22-12-10-2)24-18-14-16-20-26(24)31(6,7)8/h13-20,27-28H,9-12,21-22H2,1-8H3. The van der Waals surface area contributed by atoms with Crippen molar-refractivity contribution >= 4 is 6.16 Å². The molecule has 0 aliphatic carbocycles. The average molecular weight is 467 g/mol. The lowest BCUT2D eigenvalue weighted by Crippen LogP contribution is -2.22. The van der Waals surface area contributed by atoms with Crippen LogP contribution < -0.4 is 0 Å². The number of unbranched alkanes of at least 4 members (excludes halogenated alkanes) is 2. The van der Waals surface area contributed by atoms with Crippen LogP contribution in [0.15, 0.2) is 48.5 Å². The van der Waals surface area contributed by atoms with E-state index in [1.54, 1.807) is 0 Å². The van der Waals surface area contributed by atoms with Crippen molar-refractivity contribution in [3.05, 3.63) is 70.8 Å². The van der Waals surface area contributed by atoms with E-state index < -0.39 is 6.16 Å². The third kappa shape index (κ3) is 7.89. The van der Waals surface area contributed by atoms with Gasteiger partial charge in [-0.25, -0.2) is 4.79 Å². The zero-order valence-electron chi connectivity index (χ0n) is 22.7. The monoisotopic (exact) mass is 466 g/mol. The molecule has 0 radical (unpaired) electrons. The molecule has 0 aliphatic heterocycles. The Bertz CT molecular complexity index is 828. The Labute approximate surface area is 208 Å². The Morgan fingerprint density at radius 1 is 0.676 bits per heavy atom. The van der Waals surface area contributed by atoms with Crippen molar-refractivity contribution in [3.8, 4) is 0 Å². The minimum absolute atomic E-state index is 0.0381. The molecule has 2 rings (SSSR count). The first-order valence-electron chi connectivity index (χ1n) is 13.0. The Morgan fingerprint density at radius 2 is 1.03 bits per heavy atom. The highest BCUT2D eigenvalue weighted by Gasteiger charge is 2.29.